The highest BCUT2D eigenvalue weighted by molar-refractivity contribution is 5.66. The van der Waals surface area contributed by atoms with Gasteiger partial charge in [0.25, 0.3) is 0 Å². The number of pyridine rings is 1. The molecule has 0 spiro atoms. The molecule has 4 nitrogen and oxygen atoms in total. The van der Waals surface area contributed by atoms with Gasteiger partial charge in [-0.1, -0.05) is 32.0 Å². The predicted octanol–water partition coefficient (Wildman–Crippen LogP) is 4.65. The van der Waals surface area contributed by atoms with Gasteiger partial charge in [0.2, 0.25) is 0 Å². The highest BCUT2D eigenvalue weighted by Crippen LogP contribution is 2.38. The van der Waals surface area contributed by atoms with E-state index in [1.165, 1.54) is 47.9 Å². The number of hydrogen-bond donors (Lipinski definition) is 1. The van der Waals surface area contributed by atoms with Crippen LogP contribution in [0, 0.1) is 0 Å². The number of aryl methyl sites for hydroxylation is 1. The minimum Gasteiger partial charge on any atom is -0.396 e. The summed E-state index contributed by atoms with van der Waals surface area (Å²) in [5.41, 5.74) is 5.85. The molecule has 0 unspecified atom stereocenters. The lowest BCUT2D eigenvalue weighted by Gasteiger charge is -2.35. The lowest BCUT2D eigenvalue weighted by Crippen LogP contribution is -2.46. The predicted molar refractivity (Wildman–Crippen MR) is 125 cm³/mol. The van der Waals surface area contributed by atoms with Crippen LogP contribution in [0.15, 0.2) is 36.5 Å². The van der Waals surface area contributed by atoms with Crippen molar-refractivity contribution in [3.05, 3.63) is 47.7 Å². The summed E-state index contributed by atoms with van der Waals surface area (Å²) in [5, 5.41) is 8.90. The van der Waals surface area contributed by atoms with E-state index in [-0.39, 0.29) is 0 Å². The van der Waals surface area contributed by atoms with Gasteiger partial charge in [-0.2, -0.15) is 0 Å². The van der Waals surface area contributed by atoms with Gasteiger partial charge in [-0.25, -0.2) is 4.98 Å². The Hall–Kier alpha value is -1.91. The highest BCUT2D eigenvalue weighted by atomic mass is 16.2. The van der Waals surface area contributed by atoms with Gasteiger partial charge in [0.05, 0.1) is 0 Å². The SMILES string of the molecule is CC1(C)CCCc2cc(-c3ccc(N4CCN(CCCCCO)CC4)nc3)ccc21. The minimum absolute atomic E-state index is 0.301. The number of aliphatic hydroxyl groups excluding tert-OH is 1. The van der Waals surface area contributed by atoms with E-state index in [4.69, 9.17) is 10.1 Å². The van der Waals surface area contributed by atoms with Crippen LogP contribution in [-0.4, -0.2) is 54.3 Å². The van der Waals surface area contributed by atoms with Crippen molar-refractivity contribution >= 4 is 5.82 Å². The van der Waals surface area contributed by atoms with E-state index >= 15 is 0 Å². The van der Waals surface area contributed by atoms with Crippen LogP contribution in [-0.2, 0) is 11.8 Å². The first-order chi connectivity index (χ1) is 14.6. The normalized spacial score (nSPS) is 19.0. The second-order valence-electron chi connectivity index (χ2n) is 9.63. The Morgan fingerprint density at radius 3 is 2.50 bits per heavy atom. The van der Waals surface area contributed by atoms with Gasteiger partial charge < -0.3 is 10.0 Å². The van der Waals surface area contributed by atoms with Gasteiger partial charge in [0.15, 0.2) is 0 Å². The van der Waals surface area contributed by atoms with E-state index < -0.39 is 0 Å². The first-order valence-electron chi connectivity index (χ1n) is 11.7. The van der Waals surface area contributed by atoms with Crippen LogP contribution in [0.1, 0.15) is 57.1 Å². The second-order valence-corrected chi connectivity index (χ2v) is 9.63. The van der Waals surface area contributed by atoms with Crippen molar-refractivity contribution in [1.82, 2.24) is 9.88 Å². The van der Waals surface area contributed by atoms with Gasteiger partial charge in [0, 0.05) is 44.5 Å². The third kappa shape index (κ3) is 4.87. The molecule has 1 aliphatic heterocycles. The molecule has 1 fully saturated rings. The molecule has 30 heavy (non-hydrogen) atoms. The Morgan fingerprint density at radius 2 is 1.77 bits per heavy atom. The lowest BCUT2D eigenvalue weighted by molar-refractivity contribution is 0.242. The summed E-state index contributed by atoms with van der Waals surface area (Å²) < 4.78 is 0. The first-order valence-corrected chi connectivity index (χ1v) is 11.7. The maximum Gasteiger partial charge on any atom is 0.128 e. The minimum atomic E-state index is 0.301. The van der Waals surface area contributed by atoms with Gasteiger partial charge in [-0.15, -0.1) is 0 Å². The van der Waals surface area contributed by atoms with Gasteiger partial charge in [0.1, 0.15) is 5.82 Å². The highest BCUT2D eigenvalue weighted by Gasteiger charge is 2.27. The Kier molecular flexibility index (Phi) is 6.74. The maximum atomic E-state index is 8.90. The van der Waals surface area contributed by atoms with Gasteiger partial charge in [-0.05, 0) is 79.3 Å². The fourth-order valence-electron chi connectivity index (χ4n) is 5.06. The van der Waals surface area contributed by atoms with E-state index in [9.17, 15) is 0 Å². The molecule has 0 amide bonds. The second kappa shape index (κ2) is 9.49. The molecule has 0 saturated carbocycles. The van der Waals surface area contributed by atoms with E-state index in [0.717, 1.165) is 51.4 Å². The smallest absolute Gasteiger partial charge is 0.128 e. The molecule has 1 aromatic carbocycles. The Morgan fingerprint density at radius 1 is 0.967 bits per heavy atom. The van der Waals surface area contributed by atoms with Crippen molar-refractivity contribution in [3.63, 3.8) is 0 Å². The molecular formula is C26H37N3O. The molecule has 0 radical (unpaired) electrons. The number of piperazine rings is 1. The molecule has 1 aromatic heterocycles. The summed E-state index contributed by atoms with van der Waals surface area (Å²) in [5.74, 6) is 1.10. The zero-order valence-corrected chi connectivity index (χ0v) is 18.7. The zero-order valence-electron chi connectivity index (χ0n) is 18.7. The monoisotopic (exact) mass is 407 g/mol. The van der Waals surface area contributed by atoms with Crippen LogP contribution in [0.4, 0.5) is 5.82 Å². The summed E-state index contributed by atoms with van der Waals surface area (Å²) in [6, 6.07) is 11.4. The number of aliphatic hydroxyl groups is 1. The number of rotatable bonds is 7. The summed E-state index contributed by atoms with van der Waals surface area (Å²) in [6.45, 7) is 10.5. The fraction of sp³-hybridized carbons (Fsp3) is 0.577. The third-order valence-electron chi connectivity index (χ3n) is 6.99. The van der Waals surface area contributed by atoms with Crippen molar-refractivity contribution in [2.45, 2.75) is 57.8 Å². The molecule has 4 rings (SSSR count). The van der Waals surface area contributed by atoms with Crippen LogP contribution in [0.3, 0.4) is 0 Å². The van der Waals surface area contributed by atoms with Crippen molar-refractivity contribution in [2.24, 2.45) is 0 Å². The molecule has 1 aliphatic carbocycles. The molecule has 4 heteroatoms. The zero-order chi connectivity index (χ0) is 21.0. The Bertz CT molecular complexity index is 823. The Labute approximate surface area is 181 Å². The fourth-order valence-corrected chi connectivity index (χ4v) is 5.06. The summed E-state index contributed by atoms with van der Waals surface area (Å²) >= 11 is 0. The molecular weight excluding hydrogens is 370 g/mol. The van der Waals surface area contributed by atoms with Crippen molar-refractivity contribution in [2.75, 3.05) is 44.2 Å². The first kappa shape index (κ1) is 21.3. The number of benzene rings is 1. The number of hydrogen-bond acceptors (Lipinski definition) is 4. The number of nitrogens with zero attached hydrogens (tertiary/aromatic N) is 3. The molecule has 0 bridgehead atoms. The number of aromatic nitrogens is 1. The van der Waals surface area contributed by atoms with E-state index in [2.05, 4.69) is 54.0 Å². The van der Waals surface area contributed by atoms with Crippen LogP contribution < -0.4 is 4.90 Å². The van der Waals surface area contributed by atoms with Crippen LogP contribution in [0.25, 0.3) is 11.1 Å². The largest absolute Gasteiger partial charge is 0.396 e. The van der Waals surface area contributed by atoms with Crippen molar-refractivity contribution < 1.29 is 5.11 Å². The third-order valence-corrected chi connectivity index (χ3v) is 6.99. The lowest BCUT2D eigenvalue weighted by atomic mass is 9.72. The van der Waals surface area contributed by atoms with Crippen molar-refractivity contribution in [1.29, 1.82) is 0 Å². The number of anilines is 1. The van der Waals surface area contributed by atoms with Gasteiger partial charge >= 0.3 is 0 Å². The molecule has 162 valence electrons. The summed E-state index contributed by atoms with van der Waals surface area (Å²) in [6.07, 6.45) is 9.05. The van der Waals surface area contributed by atoms with E-state index in [1.54, 1.807) is 0 Å². The molecule has 1 N–H and O–H groups in total. The van der Waals surface area contributed by atoms with Gasteiger partial charge in [-0.3, -0.25) is 4.90 Å². The molecule has 1 saturated heterocycles. The molecule has 0 atom stereocenters. The average Bonchev–Trinajstić information content (AvgIpc) is 2.77. The standard InChI is InChI=1S/C26H37N3O/c1-26(2)12-6-7-22-19-21(8-10-24(22)26)23-9-11-25(27-20-23)29-16-14-28(15-17-29)13-4-3-5-18-30/h8-11,19-20,30H,3-7,12-18H2,1-2H3. The van der Waals surface area contributed by atoms with E-state index in [0.29, 0.717) is 12.0 Å². The topological polar surface area (TPSA) is 39.6 Å². The number of fused-ring (bicyclic) bond motifs is 1. The number of unbranched alkanes of at least 4 members (excludes halogenated alkanes) is 2. The van der Waals surface area contributed by atoms with E-state index in [1.807, 2.05) is 6.20 Å². The molecule has 2 heterocycles. The maximum absolute atomic E-state index is 8.90. The summed E-state index contributed by atoms with van der Waals surface area (Å²) in [7, 11) is 0. The van der Waals surface area contributed by atoms with Crippen molar-refractivity contribution in [3.8, 4) is 11.1 Å². The Balaban J connectivity index is 1.36. The molecule has 2 aromatic rings. The van der Waals surface area contributed by atoms with Crippen LogP contribution >= 0.6 is 0 Å². The quantitative estimate of drug-likeness (QED) is 0.679. The average molecular weight is 408 g/mol. The summed E-state index contributed by atoms with van der Waals surface area (Å²) in [4.78, 5) is 9.76. The molecule has 2 aliphatic rings. The van der Waals surface area contributed by atoms with Crippen LogP contribution in [0.5, 0.6) is 0 Å². The van der Waals surface area contributed by atoms with Crippen LogP contribution in [0.2, 0.25) is 0 Å².